The van der Waals surface area contributed by atoms with Crippen LogP contribution in [-0.4, -0.2) is 67.1 Å². The maximum absolute atomic E-state index is 5.36. The lowest BCUT2D eigenvalue weighted by atomic mass is 9.90. The second kappa shape index (κ2) is 9.89. The molecule has 0 spiro atoms. The van der Waals surface area contributed by atoms with Crippen LogP contribution >= 0.6 is 0 Å². The summed E-state index contributed by atoms with van der Waals surface area (Å²) in [5, 5.41) is 14.7. The van der Waals surface area contributed by atoms with Gasteiger partial charge in [-0.15, -0.1) is 10.2 Å². The summed E-state index contributed by atoms with van der Waals surface area (Å²) in [6.07, 6.45) is 6.22. The number of nitrogens with one attached hydrogen (secondary N) is 1. The van der Waals surface area contributed by atoms with Crippen LogP contribution in [0.1, 0.15) is 52.5 Å². The lowest BCUT2D eigenvalue weighted by Crippen LogP contribution is -2.46. The highest BCUT2D eigenvalue weighted by Crippen LogP contribution is 2.37. The third-order valence-electron chi connectivity index (χ3n) is 7.63. The molecule has 1 atom stereocenters. The van der Waals surface area contributed by atoms with Crippen LogP contribution in [0.2, 0.25) is 0 Å². The Kier molecular flexibility index (Phi) is 6.41. The molecule has 198 valence electrons. The third-order valence-corrected chi connectivity index (χ3v) is 7.63. The summed E-state index contributed by atoms with van der Waals surface area (Å²) >= 11 is 0. The summed E-state index contributed by atoms with van der Waals surface area (Å²) in [6.45, 7) is 13.1. The highest BCUT2D eigenvalue weighted by atomic mass is 15.5. The number of aromatic nitrogens is 4. The van der Waals surface area contributed by atoms with Crippen molar-refractivity contribution < 1.29 is 0 Å². The van der Waals surface area contributed by atoms with Crippen LogP contribution in [0.5, 0.6) is 0 Å². The number of hydrogen-bond acceptors (Lipinski definition) is 7. The number of nitrogens with zero attached hydrogens (tertiary/aromatic N) is 7. The Morgan fingerprint density at radius 1 is 1.00 bits per heavy atom. The number of amidine groups is 1. The van der Waals surface area contributed by atoms with Gasteiger partial charge in [0.15, 0.2) is 5.84 Å². The molecule has 2 aromatic carbocycles. The first kappa shape index (κ1) is 24.6. The van der Waals surface area contributed by atoms with Crippen LogP contribution in [0.3, 0.4) is 0 Å². The lowest BCUT2D eigenvalue weighted by molar-refractivity contribution is 0.192. The van der Waals surface area contributed by atoms with Crippen molar-refractivity contribution in [1.82, 2.24) is 35.3 Å². The molecule has 1 saturated carbocycles. The molecular weight excluding hydrogens is 472 g/mol. The van der Waals surface area contributed by atoms with Crippen LogP contribution in [-0.2, 0) is 6.54 Å². The first-order chi connectivity index (χ1) is 18.4. The number of H-pyrrole nitrogens is 1. The van der Waals surface area contributed by atoms with Gasteiger partial charge in [-0.3, -0.25) is 0 Å². The van der Waals surface area contributed by atoms with Gasteiger partial charge in [0.2, 0.25) is 5.82 Å². The van der Waals surface area contributed by atoms with Crippen LogP contribution < -0.4 is 0 Å². The highest BCUT2D eigenvalue weighted by Gasteiger charge is 2.39. The van der Waals surface area contributed by atoms with Crippen molar-refractivity contribution in [3.05, 3.63) is 66.0 Å². The Hall–Kier alpha value is -3.68. The summed E-state index contributed by atoms with van der Waals surface area (Å²) < 4.78 is 0. The summed E-state index contributed by atoms with van der Waals surface area (Å²) in [7, 11) is 0. The van der Waals surface area contributed by atoms with Gasteiger partial charge < -0.3 is 14.7 Å². The molecule has 3 heterocycles. The molecule has 1 aromatic heterocycles. The van der Waals surface area contributed by atoms with Gasteiger partial charge >= 0.3 is 0 Å². The topological polar surface area (TPSA) is 76.5 Å². The van der Waals surface area contributed by atoms with Gasteiger partial charge in [0.05, 0.1) is 12.4 Å². The first-order valence-corrected chi connectivity index (χ1v) is 13.9. The number of rotatable bonds is 8. The average molecular weight is 511 g/mol. The predicted molar refractivity (Wildman–Crippen MR) is 151 cm³/mol. The van der Waals surface area contributed by atoms with Crippen LogP contribution in [0.25, 0.3) is 22.5 Å². The predicted octanol–water partition coefficient (Wildman–Crippen LogP) is 5.36. The fraction of sp³-hybridized carbons (Fsp3) is 0.467. The zero-order valence-electron chi connectivity index (χ0n) is 22.9. The van der Waals surface area contributed by atoms with E-state index in [1.54, 1.807) is 0 Å². The molecule has 0 saturated heterocycles. The lowest BCUT2D eigenvalue weighted by Gasteiger charge is -2.38. The fourth-order valence-electron chi connectivity index (χ4n) is 5.48. The molecule has 1 N–H and O–H groups in total. The molecule has 8 nitrogen and oxygen atoms in total. The Morgan fingerprint density at radius 3 is 2.42 bits per heavy atom. The van der Waals surface area contributed by atoms with Gasteiger partial charge in [0.1, 0.15) is 6.17 Å². The fourth-order valence-corrected chi connectivity index (χ4v) is 5.48. The molecule has 6 rings (SSSR count). The molecule has 1 aliphatic carbocycles. The Balaban J connectivity index is 1.28. The number of benzene rings is 2. The summed E-state index contributed by atoms with van der Waals surface area (Å²) in [6, 6.07) is 17.1. The number of hydrogen-bond donors (Lipinski definition) is 1. The highest BCUT2D eigenvalue weighted by molar-refractivity contribution is 6.00. The van der Waals surface area contributed by atoms with E-state index in [0.29, 0.717) is 5.82 Å². The molecule has 0 amide bonds. The largest absolute Gasteiger partial charge is 0.358 e. The monoisotopic (exact) mass is 510 g/mol. The van der Waals surface area contributed by atoms with Crippen molar-refractivity contribution in [2.45, 2.75) is 59.7 Å². The molecule has 0 radical (unpaired) electrons. The maximum atomic E-state index is 5.36. The van der Waals surface area contributed by atoms with Gasteiger partial charge in [-0.1, -0.05) is 69.3 Å². The third kappa shape index (κ3) is 5.17. The van der Waals surface area contributed by atoms with Crippen molar-refractivity contribution in [2.75, 3.05) is 19.8 Å². The van der Waals surface area contributed by atoms with Crippen LogP contribution in [0, 0.1) is 11.3 Å². The van der Waals surface area contributed by atoms with Gasteiger partial charge in [0.25, 0.3) is 0 Å². The van der Waals surface area contributed by atoms with Gasteiger partial charge in [-0.05, 0) is 59.4 Å². The minimum atomic E-state index is 0.147. The van der Waals surface area contributed by atoms with E-state index in [9.17, 15) is 0 Å². The summed E-state index contributed by atoms with van der Waals surface area (Å²) in [4.78, 5) is 12.9. The Bertz CT molecular complexity index is 1320. The molecule has 2 aliphatic heterocycles. The van der Waals surface area contributed by atoms with E-state index in [0.717, 1.165) is 55.3 Å². The van der Waals surface area contributed by atoms with E-state index in [2.05, 4.69) is 106 Å². The van der Waals surface area contributed by atoms with Crippen LogP contribution in [0.4, 0.5) is 0 Å². The molecule has 8 heteroatoms. The standard InChI is InChI=1S/C30H38N8/c1-5-36-19-26-29(37(20-36)17-21-10-11-21)31-27(16-30(2,3)4)38(26)18-22-12-14-23(15-13-22)24-8-6-7-9-25(24)28-32-34-35-33-28/h6-9,12-15,19,21,27H,5,10-11,16-18,20H2,1-4H3,(H,32,33,34,35). The van der Waals surface area contributed by atoms with Gasteiger partial charge in [-0.25, -0.2) is 4.99 Å². The van der Waals surface area contributed by atoms with Crippen molar-refractivity contribution >= 4 is 5.84 Å². The van der Waals surface area contributed by atoms with E-state index < -0.39 is 0 Å². The maximum Gasteiger partial charge on any atom is 0.205 e. The first-order valence-electron chi connectivity index (χ1n) is 13.9. The summed E-state index contributed by atoms with van der Waals surface area (Å²) in [5.74, 6) is 2.63. The van der Waals surface area contributed by atoms with E-state index in [1.165, 1.54) is 29.9 Å². The quantitative estimate of drug-likeness (QED) is 0.440. The minimum Gasteiger partial charge on any atom is -0.358 e. The number of fused-ring (bicyclic) bond motifs is 1. The van der Waals surface area contributed by atoms with Gasteiger partial charge in [0, 0.05) is 31.4 Å². The second-order valence-corrected chi connectivity index (χ2v) is 12.0. The van der Waals surface area contributed by atoms with E-state index in [-0.39, 0.29) is 11.6 Å². The molecule has 1 fully saturated rings. The Morgan fingerprint density at radius 2 is 1.76 bits per heavy atom. The minimum absolute atomic E-state index is 0.147. The van der Waals surface area contributed by atoms with E-state index in [4.69, 9.17) is 4.99 Å². The Labute approximate surface area is 225 Å². The van der Waals surface area contributed by atoms with E-state index in [1.807, 2.05) is 12.1 Å². The van der Waals surface area contributed by atoms with Gasteiger partial charge in [-0.2, -0.15) is 5.21 Å². The van der Waals surface area contributed by atoms with Crippen molar-refractivity contribution in [2.24, 2.45) is 16.3 Å². The number of aliphatic imine (C=N–C) groups is 1. The molecule has 38 heavy (non-hydrogen) atoms. The van der Waals surface area contributed by atoms with Crippen molar-refractivity contribution in [3.63, 3.8) is 0 Å². The second-order valence-electron chi connectivity index (χ2n) is 12.0. The molecule has 1 unspecified atom stereocenters. The zero-order chi connectivity index (χ0) is 26.3. The smallest absolute Gasteiger partial charge is 0.205 e. The molecular formula is C30H38N8. The molecule has 3 aliphatic rings. The SMILES string of the molecule is CCN1C=C2C(=NC(CC(C)(C)C)N2Cc2ccc(-c3ccccc3-c3nn[nH]n3)cc2)N(CC2CC2)C1. The number of tetrazole rings is 1. The number of aromatic amines is 1. The van der Waals surface area contributed by atoms with Crippen molar-refractivity contribution in [3.8, 4) is 22.5 Å². The zero-order valence-corrected chi connectivity index (χ0v) is 22.9. The molecule has 3 aromatic rings. The van der Waals surface area contributed by atoms with Crippen molar-refractivity contribution in [1.29, 1.82) is 0 Å². The summed E-state index contributed by atoms with van der Waals surface area (Å²) in [5.41, 5.74) is 5.96. The average Bonchev–Trinajstić information content (AvgIpc) is 3.42. The normalized spacial score (nSPS) is 19.5. The van der Waals surface area contributed by atoms with Crippen LogP contribution in [0.15, 0.2) is 65.4 Å². The van der Waals surface area contributed by atoms with E-state index >= 15 is 0 Å². The molecule has 0 bridgehead atoms.